The molecule has 0 aliphatic carbocycles. The fraction of sp³-hybridized carbons (Fsp3) is 0.391. The Morgan fingerprint density at radius 3 is 1.61 bits per heavy atom. The summed E-state index contributed by atoms with van der Waals surface area (Å²) in [5, 5.41) is 0. The van der Waals surface area contributed by atoms with Gasteiger partial charge < -0.3 is 23.7 Å². The van der Waals surface area contributed by atoms with Crippen molar-refractivity contribution in [2.24, 2.45) is 0 Å². The summed E-state index contributed by atoms with van der Waals surface area (Å²) in [6, 6.07) is 6.57. The average molecular weight is 542 g/mol. The van der Waals surface area contributed by atoms with Crippen LogP contribution in [-0.4, -0.2) is 46.6 Å². The molecule has 0 fully saturated rings. The van der Waals surface area contributed by atoms with Crippen LogP contribution in [0.5, 0.6) is 28.7 Å². The van der Waals surface area contributed by atoms with Gasteiger partial charge in [0.15, 0.2) is 34.6 Å². The molecule has 31 heavy (non-hydrogen) atoms. The first-order valence-corrected chi connectivity index (χ1v) is 10.8. The maximum atomic E-state index is 12.8. The quantitative estimate of drug-likeness (QED) is 0.277. The highest BCUT2D eigenvalue weighted by Crippen LogP contribution is 2.39. The van der Waals surface area contributed by atoms with Crippen molar-refractivity contribution < 1.29 is 33.3 Å². The van der Waals surface area contributed by atoms with Crippen LogP contribution in [0.1, 0.15) is 46.9 Å². The Bertz CT molecular complexity index is 915. The van der Waals surface area contributed by atoms with Crippen molar-refractivity contribution in [3.8, 4) is 28.7 Å². The van der Waals surface area contributed by atoms with E-state index >= 15 is 0 Å². The Balaban J connectivity index is 2.17. The van der Waals surface area contributed by atoms with Gasteiger partial charge in [-0.2, -0.15) is 0 Å². The van der Waals surface area contributed by atoms with Crippen molar-refractivity contribution in [3.63, 3.8) is 0 Å². The van der Waals surface area contributed by atoms with E-state index in [4.69, 9.17) is 23.7 Å². The van der Waals surface area contributed by atoms with Gasteiger partial charge in [0.2, 0.25) is 5.75 Å². The van der Waals surface area contributed by atoms with Crippen LogP contribution >= 0.6 is 22.6 Å². The number of carbonyl (C=O) groups excluding carboxylic acids is 2. The average Bonchev–Trinajstić information content (AvgIpc) is 2.79. The summed E-state index contributed by atoms with van der Waals surface area (Å²) >= 11 is 2.12. The Morgan fingerprint density at radius 1 is 0.742 bits per heavy atom. The predicted octanol–water partition coefficient (Wildman–Crippen LogP) is 4.96. The molecular weight excluding hydrogens is 515 g/mol. The fourth-order valence-electron chi connectivity index (χ4n) is 2.98. The molecular formula is C23H27IO7. The minimum absolute atomic E-state index is 0.0461. The molecule has 0 heterocycles. The van der Waals surface area contributed by atoms with Crippen LogP contribution in [0.2, 0.25) is 0 Å². The van der Waals surface area contributed by atoms with Crippen molar-refractivity contribution in [3.05, 3.63) is 39.0 Å². The Kier molecular flexibility index (Phi) is 9.42. The van der Waals surface area contributed by atoms with Crippen LogP contribution in [0.3, 0.4) is 0 Å². The molecule has 0 amide bonds. The van der Waals surface area contributed by atoms with Gasteiger partial charge in [0.25, 0.3) is 0 Å². The van der Waals surface area contributed by atoms with Crippen molar-refractivity contribution in [1.82, 2.24) is 0 Å². The van der Waals surface area contributed by atoms with Gasteiger partial charge in [0.1, 0.15) is 0 Å². The summed E-state index contributed by atoms with van der Waals surface area (Å²) in [5.74, 6) is 1.95. The zero-order valence-electron chi connectivity index (χ0n) is 18.4. The molecule has 0 N–H and O–H groups in total. The Hall–Kier alpha value is -2.49. The van der Waals surface area contributed by atoms with Crippen molar-refractivity contribution >= 4 is 34.2 Å². The summed E-state index contributed by atoms with van der Waals surface area (Å²) < 4.78 is 27.8. The zero-order chi connectivity index (χ0) is 23.0. The molecule has 0 spiro atoms. The molecule has 0 aromatic heterocycles. The molecule has 168 valence electrons. The lowest BCUT2D eigenvalue weighted by atomic mass is 10.0. The highest BCUT2D eigenvalue weighted by Gasteiger charge is 2.19. The number of methoxy groups -OCH3 is 4. The van der Waals surface area contributed by atoms with Gasteiger partial charge in [-0.3, -0.25) is 9.59 Å². The number of hydrogen-bond acceptors (Lipinski definition) is 7. The third kappa shape index (κ3) is 6.03. The standard InChI is InChI=1S/C23H27IO7/c1-6-9-31-22-16(24)10-14(11-19(22)27-2)17(25)7-8-18(26)15-12-20(28-3)23(30-5)21(13-15)29-4/h10-13H,6-9H2,1-5H3. The Labute approximate surface area is 196 Å². The van der Waals surface area contributed by atoms with Gasteiger partial charge in [-0.25, -0.2) is 0 Å². The van der Waals surface area contributed by atoms with E-state index < -0.39 is 0 Å². The molecule has 0 saturated carbocycles. The largest absolute Gasteiger partial charge is 0.493 e. The highest BCUT2D eigenvalue weighted by molar-refractivity contribution is 14.1. The van der Waals surface area contributed by atoms with Gasteiger partial charge in [0, 0.05) is 24.0 Å². The third-order valence-corrected chi connectivity index (χ3v) is 5.37. The maximum Gasteiger partial charge on any atom is 0.203 e. The number of ketones is 2. The van der Waals surface area contributed by atoms with Gasteiger partial charge in [-0.05, 0) is 53.3 Å². The second-order valence-electron chi connectivity index (χ2n) is 6.60. The molecule has 0 atom stereocenters. The first kappa shape index (κ1) is 24.8. The van der Waals surface area contributed by atoms with E-state index in [1.807, 2.05) is 6.92 Å². The van der Waals surface area contributed by atoms with E-state index in [0.29, 0.717) is 46.5 Å². The zero-order valence-corrected chi connectivity index (χ0v) is 20.5. The lowest BCUT2D eigenvalue weighted by Gasteiger charge is -2.14. The van der Waals surface area contributed by atoms with Gasteiger partial charge in [0.05, 0.1) is 38.6 Å². The first-order valence-electron chi connectivity index (χ1n) is 9.76. The van der Waals surface area contributed by atoms with Crippen LogP contribution in [0, 0.1) is 3.57 Å². The lowest BCUT2D eigenvalue weighted by molar-refractivity contribution is 0.0917. The fourth-order valence-corrected chi connectivity index (χ4v) is 3.74. The summed E-state index contributed by atoms with van der Waals surface area (Å²) in [6.45, 7) is 2.57. The van der Waals surface area contributed by atoms with E-state index in [2.05, 4.69) is 22.6 Å². The molecule has 2 aromatic carbocycles. The van der Waals surface area contributed by atoms with Crippen molar-refractivity contribution in [1.29, 1.82) is 0 Å². The van der Waals surface area contributed by atoms with Crippen LogP contribution in [0.15, 0.2) is 24.3 Å². The topological polar surface area (TPSA) is 80.3 Å². The molecule has 7 nitrogen and oxygen atoms in total. The maximum absolute atomic E-state index is 12.8. The van der Waals surface area contributed by atoms with Crippen LogP contribution in [-0.2, 0) is 0 Å². The molecule has 2 aromatic rings. The highest BCUT2D eigenvalue weighted by atomic mass is 127. The van der Waals surface area contributed by atoms with E-state index in [-0.39, 0.29) is 24.4 Å². The molecule has 0 unspecified atom stereocenters. The smallest absolute Gasteiger partial charge is 0.203 e. The van der Waals surface area contributed by atoms with Crippen LogP contribution < -0.4 is 23.7 Å². The third-order valence-electron chi connectivity index (χ3n) is 4.57. The van der Waals surface area contributed by atoms with E-state index in [9.17, 15) is 9.59 Å². The number of hydrogen-bond donors (Lipinski definition) is 0. The second kappa shape index (κ2) is 11.8. The summed E-state index contributed by atoms with van der Waals surface area (Å²) in [5.41, 5.74) is 0.862. The monoisotopic (exact) mass is 542 g/mol. The normalized spacial score (nSPS) is 10.4. The predicted molar refractivity (Wildman–Crippen MR) is 125 cm³/mol. The SMILES string of the molecule is CCCOc1c(I)cc(C(=O)CCC(=O)c2cc(OC)c(OC)c(OC)c2)cc1OC. The lowest BCUT2D eigenvalue weighted by Crippen LogP contribution is -2.08. The van der Waals surface area contributed by atoms with Crippen molar-refractivity contribution in [2.75, 3.05) is 35.0 Å². The van der Waals surface area contributed by atoms with Gasteiger partial charge in [-0.1, -0.05) is 6.92 Å². The first-order chi connectivity index (χ1) is 14.9. The molecule has 0 saturated heterocycles. The van der Waals surface area contributed by atoms with E-state index in [0.717, 1.165) is 9.99 Å². The Morgan fingerprint density at radius 2 is 1.19 bits per heavy atom. The molecule has 8 heteroatoms. The second-order valence-corrected chi connectivity index (χ2v) is 7.76. The molecule has 0 aliphatic rings. The molecule has 0 radical (unpaired) electrons. The number of rotatable bonds is 12. The number of halogens is 1. The van der Waals surface area contributed by atoms with Gasteiger partial charge in [-0.15, -0.1) is 0 Å². The van der Waals surface area contributed by atoms with Crippen LogP contribution in [0.25, 0.3) is 0 Å². The van der Waals surface area contributed by atoms with Crippen molar-refractivity contribution in [2.45, 2.75) is 26.2 Å². The molecule has 2 rings (SSSR count). The minimum Gasteiger partial charge on any atom is -0.493 e. The van der Waals surface area contributed by atoms with Gasteiger partial charge >= 0.3 is 0 Å². The summed E-state index contributed by atoms with van der Waals surface area (Å²) in [7, 11) is 6.00. The molecule has 0 bridgehead atoms. The minimum atomic E-state index is -0.197. The van der Waals surface area contributed by atoms with E-state index in [1.54, 1.807) is 24.3 Å². The number of carbonyl (C=O) groups is 2. The van der Waals surface area contributed by atoms with Crippen LogP contribution in [0.4, 0.5) is 0 Å². The number of Topliss-reactive ketones (excluding diaryl/α,β-unsaturated/α-hetero) is 2. The summed E-state index contributed by atoms with van der Waals surface area (Å²) in [6.07, 6.45) is 0.970. The number of ether oxygens (including phenoxy) is 5. The molecule has 0 aliphatic heterocycles. The van der Waals surface area contributed by atoms with E-state index in [1.165, 1.54) is 28.4 Å². The number of benzene rings is 2. The summed E-state index contributed by atoms with van der Waals surface area (Å²) in [4.78, 5) is 25.5.